The van der Waals surface area contributed by atoms with Gasteiger partial charge in [-0.15, -0.1) is 0 Å². The number of unbranched alkanes of at least 4 members (excludes halogenated alkanes) is 2. The van der Waals surface area contributed by atoms with Crippen LogP contribution in [0, 0.1) is 5.82 Å². The fourth-order valence-corrected chi connectivity index (χ4v) is 2.72. The van der Waals surface area contributed by atoms with Crippen LogP contribution in [0.25, 0.3) is 10.8 Å². The molecule has 0 unspecified atom stereocenters. The first kappa shape index (κ1) is 18.1. The van der Waals surface area contributed by atoms with Crippen LogP contribution >= 0.6 is 0 Å². The zero-order valence-corrected chi connectivity index (χ0v) is 14.7. The third kappa shape index (κ3) is 3.99. The Morgan fingerprint density at radius 1 is 1.29 bits per heavy atom. The fraction of sp³-hybridized carbons (Fsp3) is 0.400. The van der Waals surface area contributed by atoms with Gasteiger partial charge in [0.15, 0.2) is 0 Å². The Labute approximate surface area is 142 Å². The number of rotatable bonds is 7. The highest BCUT2D eigenvalue weighted by molar-refractivity contribution is 6.10. The minimum absolute atomic E-state index is 0.131. The summed E-state index contributed by atoms with van der Waals surface area (Å²) in [6.45, 7) is 4.81. The van der Waals surface area contributed by atoms with E-state index in [2.05, 4.69) is 11.9 Å². The second kappa shape index (κ2) is 8.57. The summed E-state index contributed by atoms with van der Waals surface area (Å²) >= 11 is 0. The third-order valence-corrected chi connectivity index (χ3v) is 4.10. The van der Waals surface area contributed by atoms with Gasteiger partial charge in [0.25, 0.3) is 5.56 Å². The van der Waals surface area contributed by atoms with E-state index in [1.54, 1.807) is 23.9 Å². The van der Waals surface area contributed by atoms with E-state index in [1.807, 2.05) is 25.1 Å². The molecule has 24 heavy (non-hydrogen) atoms. The molecule has 0 atom stereocenters. The maximum atomic E-state index is 14.5. The first-order valence-corrected chi connectivity index (χ1v) is 8.58. The maximum Gasteiger partial charge on any atom is 0.258 e. The van der Waals surface area contributed by atoms with Gasteiger partial charge in [-0.2, -0.15) is 0 Å². The summed E-state index contributed by atoms with van der Waals surface area (Å²) in [5.74, 6) is -0.410. The predicted molar refractivity (Wildman–Crippen MR) is 99.6 cm³/mol. The van der Waals surface area contributed by atoms with Crippen LogP contribution in [0.15, 0.2) is 46.3 Å². The number of aromatic nitrogens is 1. The quantitative estimate of drug-likeness (QED) is 0.535. The number of nitrogens with zero attached hydrogens (tertiary/aromatic N) is 2. The predicted octanol–water partition coefficient (Wildman–Crippen LogP) is 4.72. The molecule has 0 saturated carbocycles. The molecular weight excluding hydrogens is 303 g/mol. The highest BCUT2D eigenvalue weighted by atomic mass is 19.1. The van der Waals surface area contributed by atoms with Crippen molar-refractivity contribution in [1.29, 1.82) is 0 Å². The Balaban J connectivity index is 2.47. The van der Waals surface area contributed by atoms with Gasteiger partial charge >= 0.3 is 0 Å². The lowest BCUT2D eigenvalue weighted by Crippen LogP contribution is -2.20. The number of aliphatic imine (C=N–C) groups is 1. The van der Waals surface area contributed by atoms with Crippen LogP contribution in [0.1, 0.15) is 45.1 Å². The largest absolute Gasteiger partial charge is 0.315 e. The average Bonchev–Trinajstić information content (AvgIpc) is 2.59. The summed E-state index contributed by atoms with van der Waals surface area (Å²) in [5, 5.41) is 1.17. The van der Waals surface area contributed by atoms with E-state index in [1.165, 1.54) is 6.07 Å². The van der Waals surface area contributed by atoms with Gasteiger partial charge in [0.1, 0.15) is 5.82 Å². The van der Waals surface area contributed by atoms with E-state index < -0.39 is 5.82 Å². The van der Waals surface area contributed by atoms with Crippen LogP contribution in [0.3, 0.4) is 0 Å². The summed E-state index contributed by atoms with van der Waals surface area (Å²) in [6.07, 6.45) is 9.55. The van der Waals surface area contributed by atoms with Crippen molar-refractivity contribution in [2.45, 2.75) is 46.1 Å². The molecule has 3 nitrogen and oxygen atoms in total. The van der Waals surface area contributed by atoms with Crippen molar-refractivity contribution in [3.8, 4) is 0 Å². The van der Waals surface area contributed by atoms with Crippen molar-refractivity contribution in [2.75, 3.05) is 7.05 Å². The standard InChI is InChI=1S/C20H25FN2O/c1-4-6-8-11-23-12-10-15-13-17(19(22-3)9-7-5-2)18(21)14-16(15)20(23)24/h7,9-10,12-14H,4-6,8,11H2,1-3H3/b9-7-,22-19?. The molecule has 0 bridgehead atoms. The van der Waals surface area contributed by atoms with Gasteiger partial charge in [-0.3, -0.25) is 9.79 Å². The monoisotopic (exact) mass is 328 g/mol. The number of benzene rings is 1. The molecule has 0 N–H and O–H groups in total. The van der Waals surface area contributed by atoms with Crippen LogP contribution in [0.5, 0.6) is 0 Å². The number of hydrogen-bond acceptors (Lipinski definition) is 2. The van der Waals surface area contributed by atoms with Crippen molar-refractivity contribution < 1.29 is 4.39 Å². The van der Waals surface area contributed by atoms with Gasteiger partial charge in [0.2, 0.25) is 0 Å². The Kier molecular flexibility index (Phi) is 6.47. The number of hydrogen-bond donors (Lipinski definition) is 0. The molecule has 4 heteroatoms. The summed E-state index contributed by atoms with van der Waals surface area (Å²) in [4.78, 5) is 16.7. The number of halogens is 1. The summed E-state index contributed by atoms with van der Waals surface area (Å²) in [6, 6.07) is 4.93. The van der Waals surface area contributed by atoms with Crippen LogP contribution in [0.4, 0.5) is 4.39 Å². The SMILES string of the molecule is CC/C=C\C(=NC)c1cc2ccn(CCCCC)c(=O)c2cc1F. The summed E-state index contributed by atoms with van der Waals surface area (Å²) < 4.78 is 16.2. The molecule has 1 aromatic carbocycles. The molecule has 1 heterocycles. The number of fused-ring (bicyclic) bond motifs is 1. The molecule has 128 valence electrons. The fourth-order valence-electron chi connectivity index (χ4n) is 2.72. The second-order valence-corrected chi connectivity index (χ2v) is 5.86. The normalized spacial score (nSPS) is 12.4. The molecule has 0 radical (unpaired) electrons. The Morgan fingerprint density at radius 2 is 2.08 bits per heavy atom. The van der Waals surface area contributed by atoms with E-state index in [0.29, 0.717) is 23.2 Å². The number of aryl methyl sites for hydroxylation is 1. The average molecular weight is 328 g/mol. The van der Waals surface area contributed by atoms with Crippen LogP contribution in [0.2, 0.25) is 0 Å². The summed E-state index contributed by atoms with van der Waals surface area (Å²) in [5.41, 5.74) is 0.884. The van der Waals surface area contributed by atoms with Crippen molar-refractivity contribution in [3.63, 3.8) is 0 Å². The van der Waals surface area contributed by atoms with Crippen molar-refractivity contribution in [2.24, 2.45) is 4.99 Å². The Morgan fingerprint density at radius 3 is 2.75 bits per heavy atom. The van der Waals surface area contributed by atoms with E-state index in [9.17, 15) is 9.18 Å². The number of pyridine rings is 1. The maximum absolute atomic E-state index is 14.5. The molecule has 0 aliphatic carbocycles. The molecule has 0 fully saturated rings. The lowest BCUT2D eigenvalue weighted by molar-refractivity contribution is 0.590. The van der Waals surface area contributed by atoms with E-state index >= 15 is 0 Å². The first-order chi connectivity index (χ1) is 11.6. The lowest BCUT2D eigenvalue weighted by atomic mass is 10.0. The van der Waals surface area contributed by atoms with Crippen LogP contribution in [-0.4, -0.2) is 17.3 Å². The van der Waals surface area contributed by atoms with Gasteiger partial charge < -0.3 is 4.57 Å². The topological polar surface area (TPSA) is 34.4 Å². The number of allylic oxidation sites excluding steroid dienone is 2. The van der Waals surface area contributed by atoms with E-state index in [-0.39, 0.29) is 5.56 Å². The minimum atomic E-state index is -0.410. The molecule has 1 aromatic heterocycles. The molecule has 0 saturated heterocycles. The third-order valence-electron chi connectivity index (χ3n) is 4.10. The first-order valence-electron chi connectivity index (χ1n) is 8.58. The zero-order chi connectivity index (χ0) is 17.5. The molecule has 0 aliphatic heterocycles. The van der Waals surface area contributed by atoms with Crippen molar-refractivity contribution in [3.05, 3.63) is 58.3 Å². The van der Waals surface area contributed by atoms with Crippen LogP contribution in [-0.2, 0) is 6.54 Å². The van der Waals surface area contributed by atoms with Gasteiger partial charge in [-0.05, 0) is 42.5 Å². The lowest BCUT2D eigenvalue weighted by Gasteiger charge is -2.09. The smallest absolute Gasteiger partial charge is 0.258 e. The van der Waals surface area contributed by atoms with Crippen LogP contribution < -0.4 is 5.56 Å². The zero-order valence-electron chi connectivity index (χ0n) is 14.7. The molecule has 0 spiro atoms. The van der Waals surface area contributed by atoms with Crippen molar-refractivity contribution in [1.82, 2.24) is 4.57 Å². The Hall–Kier alpha value is -2.23. The molecular formula is C20H25FN2O. The molecule has 2 rings (SSSR count). The van der Waals surface area contributed by atoms with Crippen molar-refractivity contribution >= 4 is 16.5 Å². The van der Waals surface area contributed by atoms with Gasteiger partial charge in [-0.1, -0.05) is 32.8 Å². The second-order valence-electron chi connectivity index (χ2n) is 5.86. The molecule has 0 aliphatic rings. The van der Waals surface area contributed by atoms with Gasteiger partial charge in [-0.25, -0.2) is 4.39 Å². The van der Waals surface area contributed by atoms with E-state index in [0.717, 1.165) is 31.1 Å². The summed E-state index contributed by atoms with van der Waals surface area (Å²) in [7, 11) is 1.64. The highest BCUT2D eigenvalue weighted by Crippen LogP contribution is 2.18. The Bertz CT molecular complexity index is 818. The molecule has 2 aromatic rings. The van der Waals surface area contributed by atoms with E-state index in [4.69, 9.17) is 0 Å². The molecule has 0 amide bonds. The minimum Gasteiger partial charge on any atom is -0.315 e. The van der Waals surface area contributed by atoms with Gasteiger partial charge in [0, 0.05) is 25.4 Å². The highest BCUT2D eigenvalue weighted by Gasteiger charge is 2.11. The van der Waals surface area contributed by atoms with Gasteiger partial charge in [0.05, 0.1) is 11.1 Å².